The van der Waals surface area contributed by atoms with Gasteiger partial charge in [-0.05, 0) is 62.1 Å². The normalized spacial score (nSPS) is 11.2. The molecule has 0 unspecified atom stereocenters. The summed E-state index contributed by atoms with van der Waals surface area (Å²) >= 11 is 0. The number of aryl methyl sites for hydroxylation is 3. The van der Waals surface area contributed by atoms with E-state index in [1.807, 2.05) is 63.2 Å². The van der Waals surface area contributed by atoms with Gasteiger partial charge < -0.3 is 10.1 Å². The zero-order valence-electron chi connectivity index (χ0n) is 18.7. The average Bonchev–Trinajstić information content (AvgIpc) is 2.76. The second-order valence-electron chi connectivity index (χ2n) is 7.73. The highest BCUT2D eigenvalue weighted by Gasteiger charge is 2.22. The molecule has 0 atom stereocenters. The van der Waals surface area contributed by atoms with E-state index in [2.05, 4.69) is 10.0 Å². The fourth-order valence-electron chi connectivity index (χ4n) is 3.64. The van der Waals surface area contributed by atoms with Gasteiger partial charge in [0.15, 0.2) is 0 Å². The van der Waals surface area contributed by atoms with Crippen molar-refractivity contribution >= 4 is 21.6 Å². The van der Waals surface area contributed by atoms with Crippen LogP contribution < -0.4 is 14.8 Å². The molecule has 32 heavy (non-hydrogen) atoms. The van der Waals surface area contributed by atoms with Crippen LogP contribution in [0, 0.1) is 20.8 Å². The Morgan fingerprint density at radius 3 is 2.22 bits per heavy atom. The first-order valence-electron chi connectivity index (χ1n) is 10.3. The molecule has 1 amide bonds. The van der Waals surface area contributed by atoms with Crippen molar-refractivity contribution in [1.82, 2.24) is 4.72 Å². The molecule has 6 nitrogen and oxygen atoms in total. The molecular weight excluding hydrogens is 424 g/mol. The SMILES string of the molecule is COc1ccc(C(=O)Nc2c(C)cc(C)cc2C)cc1S(=O)(=O)NCCc1ccccc1. The van der Waals surface area contributed by atoms with E-state index in [1.165, 1.54) is 19.2 Å². The number of rotatable bonds is 8. The van der Waals surface area contributed by atoms with Crippen LogP contribution in [0.1, 0.15) is 32.6 Å². The third kappa shape index (κ3) is 5.55. The average molecular weight is 453 g/mol. The smallest absolute Gasteiger partial charge is 0.255 e. The first kappa shape index (κ1) is 23.5. The van der Waals surface area contributed by atoms with Gasteiger partial charge in [-0.2, -0.15) is 0 Å². The van der Waals surface area contributed by atoms with Gasteiger partial charge in [0.25, 0.3) is 5.91 Å². The summed E-state index contributed by atoms with van der Waals surface area (Å²) in [5.74, 6) is -0.208. The zero-order valence-corrected chi connectivity index (χ0v) is 19.5. The fourth-order valence-corrected chi connectivity index (χ4v) is 4.87. The summed E-state index contributed by atoms with van der Waals surface area (Å²) < 4.78 is 33.8. The lowest BCUT2D eigenvalue weighted by molar-refractivity contribution is 0.102. The second kappa shape index (κ2) is 9.97. The molecule has 0 saturated heterocycles. The van der Waals surface area contributed by atoms with Crippen molar-refractivity contribution in [3.63, 3.8) is 0 Å². The van der Waals surface area contributed by atoms with Crippen molar-refractivity contribution < 1.29 is 17.9 Å². The van der Waals surface area contributed by atoms with Crippen LogP contribution in [0.2, 0.25) is 0 Å². The molecule has 0 bridgehead atoms. The summed E-state index contributed by atoms with van der Waals surface area (Å²) in [7, 11) is -2.48. The number of hydrogen-bond acceptors (Lipinski definition) is 4. The van der Waals surface area contributed by atoms with Gasteiger partial charge in [0.1, 0.15) is 10.6 Å². The summed E-state index contributed by atoms with van der Waals surface area (Å²) in [6.45, 7) is 6.08. The van der Waals surface area contributed by atoms with Crippen molar-refractivity contribution in [2.24, 2.45) is 0 Å². The highest BCUT2D eigenvalue weighted by molar-refractivity contribution is 7.89. The van der Waals surface area contributed by atoms with E-state index in [9.17, 15) is 13.2 Å². The van der Waals surface area contributed by atoms with Crippen LogP contribution in [-0.4, -0.2) is 28.0 Å². The van der Waals surface area contributed by atoms with Crippen LogP contribution in [-0.2, 0) is 16.4 Å². The monoisotopic (exact) mass is 452 g/mol. The van der Waals surface area contributed by atoms with Crippen molar-refractivity contribution in [2.75, 3.05) is 19.0 Å². The Labute approximate surface area is 189 Å². The maximum atomic E-state index is 13.0. The van der Waals surface area contributed by atoms with E-state index >= 15 is 0 Å². The molecule has 0 spiro atoms. The minimum Gasteiger partial charge on any atom is -0.495 e. The lowest BCUT2D eigenvalue weighted by Crippen LogP contribution is -2.27. The van der Waals surface area contributed by atoms with E-state index in [0.717, 1.165) is 27.9 Å². The molecule has 3 rings (SSSR count). The van der Waals surface area contributed by atoms with Crippen molar-refractivity contribution in [3.05, 3.63) is 88.5 Å². The molecule has 0 aliphatic rings. The van der Waals surface area contributed by atoms with Gasteiger partial charge in [0, 0.05) is 17.8 Å². The van der Waals surface area contributed by atoms with Crippen LogP contribution in [0.15, 0.2) is 65.6 Å². The number of methoxy groups -OCH3 is 1. The summed E-state index contributed by atoms with van der Waals surface area (Å²) in [5.41, 5.74) is 4.98. The van der Waals surface area contributed by atoms with E-state index in [0.29, 0.717) is 6.42 Å². The van der Waals surface area contributed by atoms with Gasteiger partial charge in [0.05, 0.1) is 7.11 Å². The van der Waals surface area contributed by atoms with E-state index in [-0.39, 0.29) is 28.7 Å². The molecular formula is C25H28N2O4S. The largest absolute Gasteiger partial charge is 0.495 e. The quantitative estimate of drug-likeness (QED) is 0.531. The van der Waals surface area contributed by atoms with Crippen LogP contribution in [0.4, 0.5) is 5.69 Å². The summed E-state index contributed by atoms with van der Waals surface area (Å²) in [6.07, 6.45) is 0.550. The fraction of sp³-hybridized carbons (Fsp3) is 0.240. The standard InChI is InChI=1S/C25H28N2O4S/c1-17-14-18(2)24(19(3)15-17)27-25(28)21-10-11-22(31-4)23(16-21)32(29,30)26-13-12-20-8-6-5-7-9-20/h5-11,14-16,26H,12-13H2,1-4H3,(H,27,28). The van der Waals surface area contributed by atoms with Gasteiger partial charge in [-0.25, -0.2) is 13.1 Å². The van der Waals surface area contributed by atoms with Crippen LogP contribution >= 0.6 is 0 Å². The summed E-state index contributed by atoms with van der Waals surface area (Å²) in [5, 5.41) is 2.91. The Morgan fingerprint density at radius 2 is 1.59 bits per heavy atom. The Morgan fingerprint density at radius 1 is 0.938 bits per heavy atom. The van der Waals surface area contributed by atoms with Crippen molar-refractivity contribution in [2.45, 2.75) is 32.1 Å². The highest BCUT2D eigenvalue weighted by Crippen LogP contribution is 2.27. The third-order valence-corrected chi connectivity index (χ3v) is 6.66. The molecule has 0 fully saturated rings. The van der Waals surface area contributed by atoms with Crippen LogP contribution in [0.25, 0.3) is 0 Å². The molecule has 0 radical (unpaired) electrons. The minimum atomic E-state index is -3.88. The first-order chi connectivity index (χ1) is 15.2. The predicted molar refractivity (Wildman–Crippen MR) is 127 cm³/mol. The van der Waals surface area contributed by atoms with Crippen molar-refractivity contribution in [1.29, 1.82) is 0 Å². The minimum absolute atomic E-state index is 0.0712. The predicted octanol–water partition coefficient (Wildman–Crippen LogP) is 4.39. The number of carbonyl (C=O) groups excluding carboxylic acids is 1. The lowest BCUT2D eigenvalue weighted by atomic mass is 10.0. The van der Waals surface area contributed by atoms with E-state index in [4.69, 9.17) is 4.74 Å². The van der Waals surface area contributed by atoms with E-state index < -0.39 is 10.0 Å². The van der Waals surface area contributed by atoms with Gasteiger partial charge in [0.2, 0.25) is 10.0 Å². The molecule has 0 saturated carbocycles. The molecule has 2 N–H and O–H groups in total. The number of benzene rings is 3. The van der Waals surface area contributed by atoms with Gasteiger partial charge >= 0.3 is 0 Å². The lowest BCUT2D eigenvalue weighted by Gasteiger charge is -2.15. The van der Waals surface area contributed by atoms with Crippen LogP contribution in [0.3, 0.4) is 0 Å². The number of anilines is 1. The van der Waals surface area contributed by atoms with Gasteiger partial charge in [-0.1, -0.05) is 48.0 Å². The topological polar surface area (TPSA) is 84.5 Å². The van der Waals surface area contributed by atoms with Crippen molar-refractivity contribution in [3.8, 4) is 5.75 Å². The molecule has 0 aliphatic carbocycles. The molecule has 3 aromatic rings. The number of sulfonamides is 1. The Hall–Kier alpha value is -3.16. The number of hydrogen-bond donors (Lipinski definition) is 2. The summed E-state index contributed by atoms with van der Waals surface area (Å²) in [4.78, 5) is 12.8. The number of amides is 1. The maximum absolute atomic E-state index is 13.0. The molecule has 0 aromatic heterocycles. The molecule has 3 aromatic carbocycles. The van der Waals surface area contributed by atoms with Gasteiger partial charge in [-0.3, -0.25) is 4.79 Å². The Bertz CT molecular complexity index is 1200. The maximum Gasteiger partial charge on any atom is 0.255 e. The third-order valence-electron chi connectivity index (χ3n) is 5.18. The van der Waals surface area contributed by atoms with Crippen LogP contribution in [0.5, 0.6) is 5.75 Å². The molecule has 168 valence electrons. The number of carbonyl (C=O) groups is 1. The van der Waals surface area contributed by atoms with Gasteiger partial charge in [-0.15, -0.1) is 0 Å². The zero-order chi connectivity index (χ0) is 23.3. The first-order valence-corrected chi connectivity index (χ1v) is 11.8. The Kier molecular flexibility index (Phi) is 7.33. The summed E-state index contributed by atoms with van der Waals surface area (Å²) in [6, 6.07) is 18.0. The number of ether oxygens (including phenoxy) is 1. The molecule has 7 heteroatoms. The molecule has 0 aliphatic heterocycles. The Balaban J connectivity index is 1.82. The molecule has 0 heterocycles. The second-order valence-corrected chi connectivity index (χ2v) is 9.46. The van der Waals surface area contributed by atoms with E-state index in [1.54, 1.807) is 6.07 Å². The highest BCUT2D eigenvalue weighted by atomic mass is 32.2. The number of nitrogens with one attached hydrogen (secondary N) is 2.